The zero-order valence-electron chi connectivity index (χ0n) is 14.7. The second-order valence-corrected chi connectivity index (χ2v) is 8.54. The van der Waals surface area contributed by atoms with Crippen molar-refractivity contribution in [3.05, 3.63) is 30.1 Å². The Morgan fingerprint density at radius 2 is 2.04 bits per heavy atom. The lowest BCUT2D eigenvalue weighted by Crippen LogP contribution is -2.42. The van der Waals surface area contributed by atoms with Crippen molar-refractivity contribution in [2.75, 3.05) is 39.5 Å². The molecule has 1 fully saturated rings. The van der Waals surface area contributed by atoms with Crippen molar-refractivity contribution in [2.24, 2.45) is 5.92 Å². The average Bonchev–Trinajstić information content (AvgIpc) is 2.58. The highest BCUT2D eigenvalue weighted by Crippen LogP contribution is 2.20. The zero-order chi connectivity index (χ0) is 18.4. The molecule has 8 heteroatoms. The number of rotatable bonds is 7. The van der Waals surface area contributed by atoms with Gasteiger partial charge in [-0.1, -0.05) is 0 Å². The first kappa shape index (κ1) is 19.7. The summed E-state index contributed by atoms with van der Waals surface area (Å²) in [6.07, 6.45) is 3.16. The SMILES string of the molecule is CN(CCC(=O)N1CCCC(COc2ccc(F)cc2)C1)S(C)(=O)=O. The first-order valence-corrected chi connectivity index (χ1v) is 10.2. The maximum atomic E-state index is 12.9. The number of hydrogen-bond acceptors (Lipinski definition) is 4. The average molecular weight is 372 g/mol. The van der Waals surface area contributed by atoms with Crippen LogP contribution in [0.2, 0.25) is 0 Å². The fraction of sp³-hybridized carbons (Fsp3) is 0.588. The lowest BCUT2D eigenvalue weighted by Gasteiger charge is -2.33. The Kier molecular flexibility index (Phi) is 6.78. The zero-order valence-corrected chi connectivity index (χ0v) is 15.5. The summed E-state index contributed by atoms with van der Waals surface area (Å²) < 4.78 is 42.5. The molecule has 0 N–H and O–H groups in total. The van der Waals surface area contributed by atoms with E-state index >= 15 is 0 Å². The van der Waals surface area contributed by atoms with Crippen molar-refractivity contribution in [1.82, 2.24) is 9.21 Å². The number of benzene rings is 1. The number of amides is 1. The second-order valence-electron chi connectivity index (χ2n) is 6.45. The number of carbonyl (C=O) groups is 1. The molecule has 1 aliphatic heterocycles. The smallest absolute Gasteiger partial charge is 0.223 e. The molecular weight excluding hydrogens is 347 g/mol. The number of ether oxygens (including phenoxy) is 1. The molecule has 1 atom stereocenters. The van der Waals surface area contributed by atoms with Gasteiger partial charge in [-0.05, 0) is 37.1 Å². The predicted octanol–water partition coefficient (Wildman–Crippen LogP) is 1.72. The predicted molar refractivity (Wildman–Crippen MR) is 93.3 cm³/mol. The Bertz CT molecular complexity index is 678. The summed E-state index contributed by atoms with van der Waals surface area (Å²) in [5.74, 6) is 0.484. The second kappa shape index (κ2) is 8.62. The van der Waals surface area contributed by atoms with Crippen LogP contribution in [-0.2, 0) is 14.8 Å². The largest absolute Gasteiger partial charge is 0.493 e. The number of carbonyl (C=O) groups excluding carboxylic acids is 1. The van der Waals surface area contributed by atoms with Crippen LogP contribution in [0.4, 0.5) is 4.39 Å². The van der Waals surface area contributed by atoms with Gasteiger partial charge in [0.15, 0.2) is 0 Å². The number of hydrogen-bond donors (Lipinski definition) is 0. The standard InChI is InChI=1S/C17H25FN2O4S/c1-19(25(2,22)23)11-9-17(21)20-10-3-4-14(12-20)13-24-16-7-5-15(18)6-8-16/h5-8,14H,3-4,9-13H2,1-2H3. The fourth-order valence-electron chi connectivity index (χ4n) is 2.75. The molecule has 0 spiro atoms. The third-order valence-corrected chi connectivity index (χ3v) is 5.69. The van der Waals surface area contributed by atoms with Gasteiger partial charge in [0.25, 0.3) is 0 Å². The molecule has 0 bridgehead atoms. The van der Waals surface area contributed by atoms with Crippen molar-refractivity contribution in [2.45, 2.75) is 19.3 Å². The van der Waals surface area contributed by atoms with Gasteiger partial charge >= 0.3 is 0 Å². The van der Waals surface area contributed by atoms with Crippen LogP contribution in [-0.4, -0.2) is 63.1 Å². The quantitative estimate of drug-likeness (QED) is 0.731. The summed E-state index contributed by atoms with van der Waals surface area (Å²) in [5, 5.41) is 0. The molecule has 1 heterocycles. The highest BCUT2D eigenvalue weighted by molar-refractivity contribution is 7.88. The lowest BCUT2D eigenvalue weighted by molar-refractivity contribution is -0.133. The molecule has 6 nitrogen and oxygen atoms in total. The lowest BCUT2D eigenvalue weighted by atomic mass is 9.98. The molecule has 1 aliphatic rings. The van der Waals surface area contributed by atoms with E-state index in [0.717, 1.165) is 19.1 Å². The molecule has 1 unspecified atom stereocenters. The summed E-state index contributed by atoms with van der Waals surface area (Å²) in [6, 6.07) is 5.87. The third-order valence-electron chi connectivity index (χ3n) is 4.38. The topological polar surface area (TPSA) is 66.9 Å². The number of piperidine rings is 1. The number of likely N-dealkylation sites (tertiary alicyclic amines) is 1. The van der Waals surface area contributed by atoms with E-state index in [9.17, 15) is 17.6 Å². The molecule has 140 valence electrons. The molecule has 2 rings (SSSR count). The van der Waals surface area contributed by atoms with Gasteiger partial charge in [-0.15, -0.1) is 0 Å². The highest BCUT2D eigenvalue weighted by Gasteiger charge is 2.24. The molecule has 1 aromatic carbocycles. The van der Waals surface area contributed by atoms with Crippen LogP contribution in [0.25, 0.3) is 0 Å². The number of halogens is 1. The molecular formula is C17H25FN2O4S. The summed E-state index contributed by atoms with van der Waals surface area (Å²) in [4.78, 5) is 14.1. The van der Waals surface area contributed by atoms with E-state index in [1.54, 1.807) is 17.0 Å². The van der Waals surface area contributed by atoms with E-state index < -0.39 is 10.0 Å². The van der Waals surface area contributed by atoms with Gasteiger partial charge in [0.05, 0.1) is 12.9 Å². The highest BCUT2D eigenvalue weighted by atomic mass is 32.2. The van der Waals surface area contributed by atoms with E-state index in [0.29, 0.717) is 25.4 Å². The van der Waals surface area contributed by atoms with Crippen molar-refractivity contribution >= 4 is 15.9 Å². The Hall–Kier alpha value is -1.67. The minimum Gasteiger partial charge on any atom is -0.493 e. The van der Waals surface area contributed by atoms with Gasteiger partial charge in [-0.2, -0.15) is 0 Å². The van der Waals surface area contributed by atoms with Gasteiger partial charge in [0.2, 0.25) is 15.9 Å². The molecule has 0 radical (unpaired) electrons. The number of sulfonamides is 1. The minimum atomic E-state index is -3.27. The van der Waals surface area contributed by atoms with E-state index in [-0.39, 0.29) is 30.6 Å². The van der Waals surface area contributed by atoms with Crippen LogP contribution in [0.3, 0.4) is 0 Å². The van der Waals surface area contributed by atoms with Crippen LogP contribution >= 0.6 is 0 Å². The maximum absolute atomic E-state index is 12.9. The summed E-state index contributed by atoms with van der Waals surface area (Å²) in [5.41, 5.74) is 0. The summed E-state index contributed by atoms with van der Waals surface area (Å²) in [6.45, 7) is 1.95. The molecule has 1 aromatic rings. The van der Waals surface area contributed by atoms with Crippen LogP contribution < -0.4 is 4.74 Å². The van der Waals surface area contributed by atoms with Crippen LogP contribution in [0.15, 0.2) is 24.3 Å². The Balaban J connectivity index is 1.79. The van der Waals surface area contributed by atoms with Crippen molar-refractivity contribution in [1.29, 1.82) is 0 Å². The fourth-order valence-corrected chi connectivity index (χ4v) is 3.17. The molecule has 1 amide bonds. The molecule has 0 aliphatic carbocycles. The Morgan fingerprint density at radius 3 is 2.68 bits per heavy atom. The third kappa shape index (κ3) is 6.28. The maximum Gasteiger partial charge on any atom is 0.223 e. The van der Waals surface area contributed by atoms with E-state index in [2.05, 4.69) is 0 Å². The van der Waals surface area contributed by atoms with Crippen LogP contribution in [0.5, 0.6) is 5.75 Å². The van der Waals surface area contributed by atoms with Gasteiger partial charge in [0, 0.05) is 39.0 Å². The molecule has 1 saturated heterocycles. The van der Waals surface area contributed by atoms with E-state index in [1.165, 1.54) is 23.5 Å². The van der Waals surface area contributed by atoms with Crippen molar-refractivity contribution in [3.63, 3.8) is 0 Å². The summed E-state index contributed by atoms with van der Waals surface area (Å²) >= 11 is 0. The molecule has 25 heavy (non-hydrogen) atoms. The van der Waals surface area contributed by atoms with Crippen LogP contribution in [0, 0.1) is 11.7 Å². The number of nitrogens with zero attached hydrogens (tertiary/aromatic N) is 2. The Morgan fingerprint density at radius 1 is 1.36 bits per heavy atom. The minimum absolute atomic E-state index is 0.0398. The summed E-state index contributed by atoms with van der Waals surface area (Å²) in [7, 11) is -1.80. The van der Waals surface area contributed by atoms with Crippen molar-refractivity contribution < 1.29 is 22.3 Å². The monoisotopic (exact) mass is 372 g/mol. The Labute approximate surface area is 148 Å². The van der Waals surface area contributed by atoms with Crippen molar-refractivity contribution in [3.8, 4) is 5.75 Å². The first-order valence-electron chi connectivity index (χ1n) is 8.33. The molecule has 0 saturated carbocycles. The van der Waals surface area contributed by atoms with Gasteiger partial charge < -0.3 is 9.64 Å². The van der Waals surface area contributed by atoms with Gasteiger partial charge in [-0.3, -0.25) is 4.79 Å². The van der Waals surface area contributed by atoms with E-state index in [1.807, 2.05) is 0 Å². The normalized spacial score (nSPS) is 18.4. The molecule has 0 aromatic heterocycles. The van der Waals surface area contributed by atoms with Gasteiger partial charge in [-0.25, -0.2) is 17.1 Å². The first-order chi connectivity index (χ1) is 11.8. The van der Waals surface area contributed by atoms with E-state index in [4.69, 9.17) is 4.74 Å². The van der Waals surface area contributed by atoms with Gasteiger partial charge in [0.1, 0.15) is 11.6 Å². The van der Waals surface area contributed by atoms with Crippen LogP contribution in [0.1, 0.15) is 19.3 Å².